The van der Waals surface area contributed by atoms with Gasteiger partial charge in [-0.1, -0.05) is 23.7 Å². The van der Waals surface area contributed by atoms with Gasteiger partial charge in [0.15, 0.2) is 0 Å². The van der Waals surface area contributed by atoms with E-state index in [4.69, 9.17) is 20.8 Å². The molecule has 0 radical (unpaired) electrons. The average Bonchev–Trinajstić information content (AvgIpc) is 3.16. The van der Waals surface area contributed by atoms with E-state index in [2.05, 4.69) is 10.5 Å². The number of nitro groups is 1. The highest BCUT2D eigenvalue weighted by Gasteiger charge is 2.13. The van der Waals surface area contributed by atoms with Crippen LogP contribution in [0.4, 0.5) is 5.69 Å². The maximum Gasteiger partial charge on any atom is 0.275 e. The molecule has 0 atom stereocenters. The Morgan fingerprint density at radius 2 is 2.04 bits per heavy atom. The maximum absolute atomic E-state index is 12.2. The van der Waals surface area contributed by atoms with E-state index < -0.39 is 10.8 Å². The van der Waals surface area contributed by atoms with Gasteiger partial charge in [-0.3, -0.25) is 14.9 Å². The van der Waals surface area contributed by atoms with Gasteiger partial charge >= 0.3 is 0 Å². The fourth-order valence-corrected chi connectivity index (χ4v) is 2.70. The molecule has 0 spiro atoms. The van der Waals surface area contributed by atoms with Gasteiger partial charge in [-0.15, -0.1) is 0 Å². The fraction of sp³-hybridized carbons (Fsp3) is 0.0526. The molecule has 1 N–H and O–H groups in total. The van der Waals surface area contributed by atoms with E-state index >= 15 is 0 Å². The van der Waals surface area contributed by atoms with Crippen molar-refractivity contribution in [1.82, 2.24) is 5.43 Å². The molecule has 8 nitrogen and oxygen atoms in total. The van der Waals surface area contributed by atoms with Crippen molar-refractivity contribution < 1.29 is 18.9 Å². The van der Waals surface area contributed by atoms with E-state index in [0.717, 1.165) is 0 Å². The molecule has 0 aliphatic heterocycles. The van der Waals surface area contributed by atoms with Gasteiger partial charge < -0.3 is 9.15 Å². The molecule has 3 aromatic rings. The van der Waals surface area contributed by atoms with Crippen LogP contribution in [0.25, 0.3) is 11.3 Å². The van der Waals surface area contributed by atoms with Gasteiger partial charge in [0.1, 0.15) is 17.3 Å². The molecule has 2 aromatic carbocycles. The second-order valence-corrected chi connectivity index (χ2v) is 5.93. The summed E-state index contributed by atoms with van der Waals surface area (Å²) in [5.41, 5.74) is 3.13. The normalized spacial score (nSPS) is 10.8. The zero-order valence-electron chi connectivity index (χ0n) is 14.6. The van der Waals surface area contributed by atoms with Crippen LogP contribution >= 0.6 is 11.6 Å². The third-order valence-electron chi connectivity index (χ3n) is 3.77. The van der Waals surface area contributed by atoms with Crippen LogP contribution in [0.5, 0.6) is 5.75 Å². The summed E-state index contributed by atoms with van der Waals surface area (Å²) in [6, 6.07) is 14.1. The number of benzene rings is 2. The zero-order valence-corrected chi connectivity index (χ0v) is 15.3. The van der Waals surface area contributed by atoms with Crippen molar-refractivity contribution >= 4 is 29.4 Å². The molecule has 0 saturated heterocycles. The van der Waals surface area contributed by atoms with Crippen molar-refractivity contribution in [2.24, 2.45) is 5.10 Å². The standard InChI is InChI=1S/C19H14ClN3O5/c1-27-17-5-3-2-4-15(17)19(24)22-21-11-13-7-9-18(28-13)14-8-6-12(23(25)26)10-16(14)20/h2-11H,1H3,(H,22,24)/b21-11-. The molecule has 9 heteroatoms. The Hall–Kier alpha value is -3.65. The van der Waals surface area contributed by atoms with Crippen LogP contribution in [0.2, 0.25) is 5.02 Å². The van der Waals surface area contributed by atoms with Crippen molar-refractivity contribution in [3.63, 3.8) is 0 Å². The molecule has 0 bridgehead atoms. The largest absolute Gasteiger partial charge is 0.496 e. The van der Waals surface area contributed by atoms with Crippen LogP contribution in [0, 0.1) is 10.1 Å². The van der Waals surface area contributed by atoms with E-state index in [9.17, 15) is 14.9 Å². The summed E-state index contributed by atoms with van der Waals surface area (Å²) < 4.78 is 10.7. The number of nitrogens with one attached hydrogen (secondary N) is 1. The highest BCUT2D eigenvalue weighted by atomic mass is 35.5. The second-order valence-electron chi connectivity index (χ2n) is 5.52. The lowest BCUT2D eigenvalue weighted by Gasteiger charge is -2.05. The Bertz CT molecular complexity index is 1060. The average molecular weight is 400 g/mol. The first-order chi connectivity index (χ1) is 13.5. The smallest absolute Gasteiger partial charge is 0.275 e. The Morgan fingerprint density at radius 3 is 2.75 bits per heavy atom. The molecule has 1 heterocycles. The number of carbonyl (C=O) groups excluding carboxylic acids is 1. The number of hydrazone groups is 1. The lowest BCUT2D eigenvalue weighted by atomic mass is 10.1. The van der Waals surface area contributed by atoms with Gasteiger partial charge in [0, 0.05) is 17.7 Å². The van der Waals surface area contributed by atoms with Gasteiger partial charge in [-0.25, -0.2) is 5.43 Å². The monoisotopic (exact) mass is 399 g/mol. The van der Waals surface area contributed by atoms with Crippen molar-refractivity contribution in [2.45, 2.75) is 0 Å². The SMILES string of the molecule is COc1ccccc1C(=O)N/N=C\c1ccc(-c2ccc([N+](=O)[O-])cc2Cl)o1. The van der Waals surface area contributed by atoms with Gasteiger partial charge in [-0.05, 0) is 30.3 Å². The number of amides is 1. The summed E-state index contributed by atoms with van der Waals surface area (Å²) >= 11 is 6.09. The van der Waals surface area contributed by atoms with Crippen LogP contribution in [0.3, 0.4) is 0 Å². The Labute approximate surface area is 164 Å². The minimum atomic E-state index is -0.527. The Kier molecular flexibility index (Phi) is 5.71. The quantitative estimate of drug-likeness (QED) is 0.378. The number of nitro benzene ring substituents is 1. The molecule has 0 unspecified atom stereocenters. The van der Waals surface area contributed by atoms with Crippen molar-refractivity contribution in [2.75, 3.05) is 7.11 Å². The zero-order chi connectivity index (χ0) is 20.1. The number of nitrogens with zero attached hydrogens (tertiary/aromatic N) is 2. The summed E-state index contributed by atoms with van der Waals surface area (Å²) in [5, 5.41) is 14.8. The van der Waals surface area contributed by atoms with Crippen LogP contribution in [0.1, 0.15) is 16.1 Å². The molecule has 1 amide bonds. The van der Waals surface area contributed by atoms with Crippen LogP contribution < -0.4 is 10.2 Å². The number of hydrogen-bond acceptors (Lipinski definition) is 6. The lowest BCUT2D eigenvalue weighted by molar-refractivity contribution is -0.384. The number of rotatable bonds is 6. The predicted octanol–water partition coefficient (Wildman–Crippen LogP) is 4.28. The van der Waals surface area contributed by atoms with E-state index in [1.807, 2.05) is 0 Å². The molecule has 0 fully saturated rings. The fourth-order valence-electron chi connectivity index (χ4n) is 2.43. The molecule has 3 rings (SSSR count). The van der Waals surface area contributed by atoms with Crippen LogP contribution in [-0.2, 0) is 0 Å². The highest BCUT2D eigenvalue weighted by molar-refractivity contribution is 6.33. The summed E-state index contributed by atoms with van der Waals surface area (Å²) in [4.78, 5) is 22.4. The Balaban J connectivity index is 1.71. The number of hydrogen-bond donors (Lipinski definition) is 1. The van der Waals surface area contributed by atoms with Crippen LogP contribution in [0.15, 0.2) is 64.1 Å². The highest BCUT2D eigenvalue weighted by Crippen LogP contribution is 2.32. The third kappa shape index (κ3) is 4.18. The lowest BCUT2D eigenvalue weighted by Crippen LogP contribution is -2.18. The molecule has 142 valence electrons. The number of methoxy groups -OCH3 is 1. The first-order valence-corrected chi connectivity index (χ1v) is 8.38. The number of furan rings is 1. The van der Waals surface area contributed by atoms with Gasteiger partial charge in [0.25, 0.3) is 11.6 Å². The second kappa shape index (κ2) is 8.36. The van der Waals surface area contributed by atoms with Gasteiger partial charge in [0.2, 0.25) is 0 Å². The van der Waals surface area contributed by atoms with E-state index in [1.165, 1.54) is 31.5 Å². The molecule has 0 aliphatic carbocycles. The minimum absolute atomic E-state index is 0.110. The third-order valence-corrected chi connectivity index (χ3v) is 4.08. The van der Waals surface area contributed by atoms with E-state index in [0.29, 0.717) is 28.4 Å². The van der Waals surface area contributed by atoms with E-state index in [-0.39, 0.29) is 10.7 Å². The van der Waals surface area contributed by atoms with Crippen LogP contribution in [-0.4, -0.2) is 24.2 Å². The predicted molar refractivity (Wildman–Crippen MR) is 104 cm³/mol. The summed E-state index contributed by atoms with van der Waals surface area (Å²) in [6.07, 6.45) is 1.33. The number of ether oxygens (including phenoxy) is 1. The molecular formula is C19H14ClN3O5. The Morgan fingerprint density at radius 1 is 1.25 bits per heavy atom. The van der Waals surface area contributed by atoms with Gasteiger partial charge in [0.05, 0.1) is 28.8 Å². The summed E-state index contributed by atoms with van der Waals surface area (Å²) in [5.74, 6) is 0.782. The minimum Gasteiger partial charge on any atom is -0.496 e. The number of carbonyl (C=O) groups is 1. The topological polar surface area (TPSA) is 107 Å². The number of halogens is 1. The first kappa shape index (κ1) is 19.1. The van der Waals surface area contributed by atoms with E-state index in [1.54, 1.807) is 36.4 Å². The van der Waals surface area contributed by atoms with Gasteiger partial charge in [-0.2, -0.15) is 5.10 Å². The summed E-state index contributed by atoms with van der Waals surface area (Å²) in [6.45, 7) is 0. The molecule has 1 aromatic heterocycles. The number of non-ortho nitro benzene ring substituents is 1. The molecular weight excluding hydrogens is 386 g/mol. The summed E-state index contributed by atoms with van der Waals surface area (Å²) in [7, 11) is 1.48. The first-order valence-electron chi connectivity index (χ1n) is 8.00. The van der Waals surface area contributed by atoms with Crippen molar-refractivity contribution in [1.29, 1.82) is 0 Å². The molecule has 0 saturated carbocycles. The molecule has 0 aliphatic rings. The molecule has 28 heavy (non-hydrogen) atoms. The van der Waals surface area contributed by atoms with Crippen molar-refractivity contribution in [3.8, 4) is 17.1 Å². The number of para-hydroxylation sites is 1. The van der Waals surface area contributed by atoms with Crippen molar-refractivity contribution in [3.05, 3.63) is 81.1 Å². The maximum atomic E-state index is 12.2.